The summed E-state index contributed by atoms with van der Waals surface area (Å²) in [7, 11) is 0. The average molecular weight is 441 g/mol. The Labute approximate surface area is 180 Å². The highest BCUT2D eigenvalue weighted by Crippen LogP contribution is 2.43. The molecule has 1 fully saturated rings. The van der Waals surface area contributed by atoms with Gasteiger partial charge < -0.3 is 14.6 Å². The molecule has 0 unspecified atom stereocenters. The highest BCUT2D eigenvalue weighted by atomic mass is 32.2. The predicted octanol–water partition coefficient (Wildman–Crippen LogP) is 3.63. The van der Waals surface area contributed by atoms with Crippen LogP contribution in [0.15, 0.2) is 55.8 Å². The average Bonchev–Trinajstić information content (AvgIpc) is 3.48. The Morgan fingerprint density at radius 3 is 3.00 bits per heavy atom. The monoisotopic (exact) mass is 440 g/mol. The highest BCUT2D eigenvalue weighted by molar-refractivity contribution is 8.18. The molecule has 0 atom stereocenters. The molecular formula is C20H16N4O4S2. The number of nitrogens with zero attached hydrogens (tertiary/aromatic N) is 3. The van der Waals surface area contributed by atoms with Gasteiger partial charge in [-0.1, -0.05) is 0 Å². The van der Waals surface area contributed by atoms with Crippen molar-refractivity contribution in [3.63, 3.8) is 0 Å². The van der Waals surface area contributed by atoms with Crippen LogP contribution in [0.3, 0.4) is 0 Å². The van der Waals surface area contributed by atoms with Crippen LogP contribution >= 0.6 is 23.5 Å². The van der Waals surface area contributed by atoms with Gasteiger partial charge >= 0.3 is 0 Å². The zero-order valence-electron chi connectivity index (χ0n) is 15.7. The molecule has 3 aliphatic heterocycles. The fourth-order valence-corrected chi connectivity index (χ4v) is 5.27. The molecule has 10 heteroatoms. The molecule has 1 aromatic carbocycles. The van der Waals surface area contributed by atoms with Crippen molar-refractivity contribution in [1.82, 2.24) is 4.90 Å². The van der Waals surface area contributed by atoms with Gasteiger partial charge in [0.1, 0.15) is 5.76 Å². The van der Waals surface area contributed by atoms with Crippen LogP contribution in [0.4, 0.5) is 16.2 Å². The quantitative estimate of drug-likeness (QED) is 0.710. The number of imide groups is 1. The third kappa shape index (κ3) is 3.52. The Morgan fingerprint density at radius 1 is 1.27 bits per heavy atom. The van der Waals surface area contributed by atoms with Crippen molar-refractivity contribution in [3.8, 4) is 0 Å². The van der Waals surface area contributed by atoms with E-state index in [-0.39, 0.29) is 29.0 Å². The van der Waals surface area contributed by atoms with Crippen molar-refractivity contribution in [1.29, 1.82) is 0 Å². The summed E-state index contributed by atoms with van der Waals surface area (Å²) in [6, 6.07) is 9.15. The maximum Gasteiger partial charge on any atom is 0.293 e. The minimum atomic E-state index is -0.412. The van der Waals surface area contributed by atoms with E-state index in [0.29, 0.717) is 11.4 Å². The molecule has 0 aliphatic carbocycles. The number of benzene rings is 1. The number of amides is 3. The molecule has 8 nitrogen and oxygen atoms in total. The van der Waals surface area contributed by atoms with E-state index >= 15 is 0 Å². The number of hydrogen-bond donors (Lipinski definition) is 1. The van der Waals surface area contributed by atoms with E-state index in [1.165, 1.54) is 12.3 Å². The van der Waals surface area contributed by atoms with Gasteiger partial charge in [-0.3, -0.25) is 24.3 Å². The second kappa shape index (κ2) is 7.69. The lowest BCUT2D eigenvalue weighted by molar-refractivity contribution is -0.123. The maximum atomic E-state index is 12.5. The van der Waals surface area contributed by atoms with Gasteiger partial charge in [0.15, 0.2) is 5.17 Å². The Kier molecular flexibility index (Phi) is 4.87. The van der Waals surface area contributed by atoms with Crippen LogP contribution in [0.5, 0.6) is 0 Å². The minimum Gasteiger partial charge on any atom is -0.465 e. The summed E-state index contributed by atoms with van der Waals surface area (Å²) in [5.41, 5.74) is 1.72. The summed E-state index contributed by atoms with van der Waals surface area (Å²) in [6.45, 7) is 1.65. The molecule has 3 amide bonds. The van der Waals surface area contributed by atoms with E-state index in [0.717, 1.165) is 45.5 Å². The van der Waals surface area contributed by atoms with Gasteiger partial charge in [0.2, 0.25) is 5.91 Å². The first-order valence-electron chi connectivity index (χ1n) is 9.31. The first-order valence-corrected chi connectivity index (χ1v) is 10.9. The van der Waals surface area contributed by atoms with E-state index in [1.807, 2.05) is 18.2 Å². The molecule has 0 saturated carbocycles. The van der Waals surface area contributed by atoms with Gasteiger partial charge in [0, 0.05) is 36.2 Å². The maximum absolute atomic E-state index is 12.5. The fourth-order valence-electron chi connectivity index (χ4n) is 3.36. The number of anilines is 2. The van der Waals surface area contributed by atoms with E-state index < -0.39 is 5.91 Å². The molecule has 3 aliphatic rings. The molecule has 152 valence electrons. The standard InChI is InChI=1S/C20H16N4O4S2/c25-17(22-12-3-4-15-14(10-12)23-8-6-21-19(23)29-15)5-7-24-18(26)16(30-20(24)27)11-13-2-1-9-28-13/h1-4,9-11H,5-8H2,(H,22,25). The number of carbonyl (C=O) groups is 3. The van der Waals surface area contributed by atoms with Crippen LogP contribution in [-0.2, 0) is 9.59 Å². The molecular weight excluding hydrogens is 424 g/mol. The number of amidine groups is 1. The molecule has 5 rings (SSSR count). The van der Waals surface area contributed by atoms with Crippen molar-refractivity contribution >= 4 is 63.2 Å². The fraction of sp³-hybridized carbons (Fsp3) is 0.200. The Balaban J connectivity index is 1.20. The van der Waals surface area contributed by atoms with Crippen molar-refractivity contribution in [2.24, 2.45) is 4.99 Å². The summed E-state index contributed by atoms with van der Waals surface area (Å²) in [6.07, 6.45) is 3.05. The van der Waals surface area contributed by atoms with Gasteiger partial charge in [0.05, 0.1) is 23.4 Å². The minimum absolute atomic E-state index is 0.0222. The van der Waals surface area contributed by atoms with E-state index in [9.17, 15) is 14.4 Å². The van der Waals surface area contributed by atoms with Crippen LogP contribution in [0.1, 0.15) is 12.2 Å². The van der Waals surface area contributed by atoms with Crippen LogP contribution in [0.25, 0.3) is 6.08 Å². The number of rotatable bonds is 5. The van der Waals surface area contributed by atoms with Crippen molar-refractivity contribution in [3.05, 3.63) is 47.3 Å². The first-order chi connectivity index (χ1) is 14.6. The second-order valence-electron chi connectivity index (χ2n) is 6.75. The lowest BCUT2D eigenvalue weighted by Crippen LogP contribution is -2.31. The third-order valence-electron chi connectivity index (χ3n) is 4.79. The zero-order chi connectivity index (χ0) is 20.7. The van der Waals surface area contributed by atoms with Gasteiger partial charge in [-0.15, -0.1) is 0 Å². The molecule has 1 aromatic heterocycles. The predicted molar refractivity (Wildman–Crippen MR) is 117 cm³/mol. The van der Waals surface area contributed by atoms with Crippen molar-refractivity contribution in [2.45, 2.75) is 11.3 Å². The van der Waals surface area contributed by atoms with E-state index in [1.54, 1.807) is 23.9 Å². The molecule has 2 aromatic rings. The van der Waals surface area contributed by atoms with Crippen LogP contribution in [-0.4, -0.2) is 46.8 Å². The number of carbonyl (C=O) groups excluding carboxylic acids is 3. The topological polar surface area (TPSA) is 95.2 Å². The van der Waals surface area contributed by atoms with Crippen LogP contribution in [0.2, 0.25) is 0 Å². The Hall–Kier alpha value is -2.98. The first kappa shape index (κ1) is 19.0. The second-order valence-corrected chi connectivity index (χ2v) is 8.75. The lowest BCUT2D eigenvalue weighted by atomic mass is 10.2. The summed E-state index contributed by atoms with van der Waals surface area (Å²) >= 11 is 2.48. The van der Waals surface area contributed by atoms with E-state index in [2.05, 4.69) is 15.2 Å². The molecule has 0 radical (unpaired) electrons. The summed E-state index contributed by atoms with van der Waals surface area (Å²) in [4.78, 5) is 46.1. The number of thioether (sulfide) groups is 2. The van der Waals surface area contributed by atoms with Crippen LogP contribution < -0.4 is 10.2 Å². The van der Waals surface area contributed by atoms with Gasteiger partial charge in [-0.2, -0.15) is 0 Å². The number of hydrogen-bond acceptors (Lipinski definition) is 8. The number of furan rings is 1. The number of nitrogens with one attached hydrogen (secondary N) is 1. The summed E-state index contributed by atoms with van der Waals surface area (Å²) in [5.74, 6) is -0.172. The lowest BCUT2D eigenvalue weighted by Gasteiger charge is -2.15. The molecule has 0 spiro atoms. The van der Waals surface area contributed by atoms with Gasteiger partial charge in [-0.25, -0.2) is 0 Å². The Bertz CT molecular complexity index is 1110. The normalized spacial score (nSPS) is 18.8. The molecule has 1 N–H and O–H groups in total. The van der Waals surface area contributed by atoms with Gasteiger partial charge in [0.25, 0.3) is 11.1 Å². The van der Waals surface area contributed by atoms with Crippen LogP contribution in [0, 0.1) is 0 Å². The summed E-state index contributed by atoms with van der Waals surface area (Å²) in [5, 5.41) is 3.46. The summed E-state index contributed by atoms with van der Waals surface area (Å²) < 4.78 is 5.19. The third-order valence-corrected chi connectivity index (χ3v) is 6.79. The zero-order valence-corrected chi connectivity index (χ0v) is 17.3. The molecule has 1 saturated heterocycles. The molecule has 30 heavy (non-hydrogen) atoms. The van der Waals surface area contributed by atoms with E-state index in [4.69, 9.17) is 4.42 Å². The van der Waals surface area contributed by atoms with Crippen molar-refractivity contribution < 1.29 is 18.8 Å². The SMILES string of the molecule is O=C(CCN1C(=O)SC(=Cc2ccco2)C1=O)Nc1ccc2c(c1)N1CCN=C1S2. The number of aliphatic imine (C=N–C) groups is 1. The largest absolute Gasteiger partial charge is 0.465 e. The Morgan fingerprint density at radius 2 is 2.17 bits per heavy atom. The van der Waals surface area contributed by atoms with Gasteiger partial charge in [-0.05, 0) is 53.9 Å². The highest BCUT2D eigenvalue weighted by Gasteiger charge is 2.35. The number of fused-ring (bicyclic) bond motifs is 3. The molecule has 4 heterocycles. The smallest absolute Gasteiger partial charge is 0.293 e. The van der Waals surface area contributed by atoms with Crippen molar-refractivity contribution in [2.75, 3.05) is 29.9 Å². The molecule has 0 bridgehead atoms.